The van der Waals surface area contributed by atoms with Gasteiger partial charge in [-0.3, -0.25) is 4.98 Å². The predicted octanol–water partition coefficient (Wildman–Crippen LogP) is 5.31. The van der Waals surface area contributed by atoms with Crippen molar-refractivity contribution in [3.63, 3.8) is 0 Å². The van der Waals surface area contributed by atoms with E-state index in [1.54, 1.807) is 13.3 Å². The molecule has 1 aromatic carbocycles. The minimum atomic E-state index is -0.0995. The van der Waals surface area contributed by atoms with Gasteiger partial charge in [0.05, 0.1) is 11.7 Å². The summed E-state index contributed by atoms with van der Waals surface area (Å²) in [4.78, 5) is 6.73. The first-order valence-corrected chi connectivity index (χ1v) is 10.7. The van der Waals surface area contributed by atoms with Crippen molar-refractivity contribution in [3.05, 3.63) is 76.8 Å². The van der Waals surface area contributed by atoms with E-state index < -0.39 is 0 Å². The Balaban J connectivity index is 1.71. The van der Waals surface area contributed by atoms with Crippen LogP contribution in [0, 0.1) is 6.92 Å². The number of benzene rings is 1. The van der Waals surface area contributed by atoms with Crippen LogP contribution in [0.15, 0.2) is 59.1 Å². The molecule has 0 bridgehead atoms. The highest BCUT2D eigenvalue weighted by Gasteiger charge is 2.41. The van der Waals surface area contributed by atoms with Gasteiger partial charge in [-0.2, -0.15) is 0 Å². The van der Waals surface area contributed by atoms with Gasteiger partial charge >= 0.3 is 0 Å². The van der Waals surface area contributed by atoms with Gasteiger partial charge in [0.2, 0.25) is 0 Å². The van der Waals surface area contributed by atoms with E-state index in [1.165, 1.54) is 0 Å². The van der Waals surface area contributed by atoms with Crippen LogP contribution in [0.1, 0.15) is 35.5 Å². The molecule has 7 heteroatoms. The summed E-state index contributed by atoms with van der Waals surface area (Å²) in [5, 5.41) is 4.86. The van der Waals surface area contributed by atoms with Crippen LogP contribution in [0.4, 0.5) is 0 Å². The van der Waals surface area contributed by atoms with Gasteiger partial charge in [-0.25, -0.2) is 0 Å². The van der Waals surface area contributed by atoms with Crippen molar-refractivity contribution in [2.24, 2.45) is 0 Å². The Hall–Kier alpha value is -2.41. The van der Waals surface area contributed by atoms with Crippen molar-refractivity contribution in [1.82, 2.24) is 15.2 Å². The molecular formula is C23H24ClN3O2S. The van der Waals surface area contributed by atoms with E-state index in [0.29, 0.717) is 11.7 Å². The number of aromatic nitrogens is 1. The number of halogens is 1. The van der Waals surface area contributed by atoms with Crippen LogP contribution < -0.4 is 5.32 Å². The van der Waals surface area contributed by atoms with Gasteiger partial charge in [-0.15, -0.1) is 0 Å². The van der Waals surface area contributed by atoms with Gasteiger partial charge < -0.3 is 19.4 Å². The lowest BCUT2D eigenvalue weighted by molar-refractivity contribution is 0.177. The Labute approximate surface area is 187 Å². The lowest BCUT2D eigenvalue weighted by Gasteiger charge is -2.26. The van der Waals surface area contributed by atoms with Crippen molar-refractivity contribution in [2.45, 2.75) is 25.4 Å². The van der Waals surface area contributed by atoms with E-state index in [4.69, 9.17) is 33.0 Å². The van der Waals surface area contributed by atoms with Crippen LogP contribution in [-0.4, -0.2) is 35.3 Å². The quantitative estimate of drug-likeness (QED) is 0.396. The molecule has 4 rings (SSSR count). The number of nitrogens with zero attached hydrogens (tertiary/aromatic N) is 2. The number of hydrogen-bond donors (Lipinski definition) is 1. The van der Waals surface area contributed by atoms with E-state index in [1.807, 2.05) is 55.5 Å². The molecule has 3 aromatic rings. The molecule has 1 saturated heterocycles. The number of hydrogen-bond acceptors (Lipinski definition) is 4. The number of ether oxygens (including phenoxy) is 1. The molecule has 2 aromatic heterocycles. The molecule has 1 fully saturated rings. The zero-order valence-corrected chi connectivity index (χ0v) is 18.5. The molecule has 156 valence electrons. The summed E-state index contributed by atoms with van der Waals surface area (Å²) in [6.45, 7) is 3.44. The minimum Gasteiger partial charge on any atom is -0.459 e. The molecule has 30 heavy (non-hydrogen) atoms. The molecule has 2 atom stereocenters. The summed E-state index contributed by atoms with van der Waals surface area (Å²) >= 11 is 12.0. The van der Waals surface area contributed by atoms with E-state index in [0.717, 1.165) is 46.3 Å². The summed E-state index contributed by atoms with van der Waals surface area (Å²) in [5.41, 5.74) is 2.91. The van der Waals surface area contributed by atoms with Crippen LogP contribution in [0.25, 0.3) is 11.3 Å². The van der Waals surface area contributed by atoms with Gasteiger partial charge in [0.1, 0.15) is 17.6 Å². The summed E-state index contributed by atoms with van der Waals surface area (Å²) in [6, 6.07) is 15.6. The number of methoxy groups -OCH3 is 1. The number of pyridine rings is 1. The summed E-state index contributed by atoms with van der Waals surface area (Å²) in [6.07, 6.45) is 2.67. The number of thiocarbonyl (C=S) groups is 1. The predicted molar refractivity (Wildman–Crippen MR) is 123 cm³/mol. The molecule has 0 radical (unpaired) electrons. The SMILES string of the molecule is COCCCN1C(=S)NC(c2ccccn2)C1c1ccc(-c2cccc(Cl)c2C)o1. The summed E-state index contributed by atoms with van der Waals surface area (Å²) in [7, 11) is 1.71. The summed E-state index contributed by atoms with van der Waals surface area (Å²) < 4.78 is 11.6. The molecule has 1 N–H and O–H groups in total. The lowest BCUT2D eigenvalue weighted by atomic mass is 10.0. The van der Waals surface area contributed by atoms with Crippen molar-refractivity contribution >= 4 is 28.9 Å². The Kier molecular flexibility index (Phi) is 6.37. The fourth-order valence-electron chi connectivity index (χ4n) is 3.87. The molecular weight excluding hydrogens is 418 g/mol. The molecule has 0 spiro atoms. The molecule has 2 unspecified atom stereocenters. The molecule has 3 heterocycles. The first-order valence-electron chi connectivity index (χ1n) is 9.92. The van der Waals surface area contributed by atoms with Crippen LogP contribution in [0.2, 0.25) is 5.02 Å². The van der Waals surface area contributed by atoms with Crippen molar-refractivity contribution in [2.75, 3.05) is 20.3 Å². The number of rotatable bonds is 7. The molecule has 1 aliphatic heterocycles. The molecule has 0 saturated carbocycles. The fourth-order valence-corrected chi connectivity index (χ4v) is 4.37. The van der Waals surface area contributed by atoms with Gasteiger partial charge in [-0.1, -0.05) is 29.8 Å². The van der Waals surface area contributed by atoms with Crippen LogP contribution in [-0.2, 0) is 4.74 Å². The van der Waals surface area contributed by atoms with Crippen LogP contribution in [0.5, 0.6) is 0 Å². The number of furan rings is 1. The second-order valence-electron chi connectivity index (χ2n) is 7.28. The second kappa shape index (κ2) is 9.16. The van der Waals surface area contributed by atoms with Crippen LogP contribution >= 0.6 is 23.8 Å². The third kappa shape index (κ3) is 4.08. The monoisotopic (exact) mass is 441 g/mol. The Morgan fingerprint density at radius 3 is 2.83 bits per heavy atom. The van der Waals surface area contributed by atoms with E-state index >= 15 is 0 Å². The van der Waals surface area contributed by atoms with E-state index in [2.05, 4.69) is 15.2 Å². The van der Waals surface area contributed by atoms with Gasteiger partial charge in [0.15, 0.2) is 5.11 Å². The molecule has 1 aliphatic rings. The van der Waals surface area contributed by atoms with Gasteiger partial charge in [-0.05, 0) is 61.5 Å². The van der Waals surface area contributed by atoms with E-state index in [9.17, 15) is 0 Å². The first-order chi connectivity index (χ1) is 14.6. The zero-order valence-electron chi connectivity index (χ0n) is 17.0. The highest BCUT2D eigenvalue weighted by molar-refractivity contribution is 7.80. The maximum atomic E-state index is 6.37. The molecule has 5 nitrogen and oxygen atoms in total. The first kappa shape index (κ1) is 20.8. The lowest BCUT2D eigenvalue weighted by Crippen LogP contribution is -2.31. The minimum absolute atomic E-state index is 0.0966. The van der Waals surface area contributed by atoms with Crippen molar-refractivity contribution < 1.29 is 9.15 Å². The largest absolute Gasteiger partial charge is 0.459 e. The normalized spacial score (nSPS) is 18.6. The van der Waals surface area contributed by atoms with Crippen LogP contribution in [0.3, 0.4) is 0 Å². The van der Waals surface area contributed by atoms with Crippen molar-refractivity contribution in [1.29, 1.82) is 0 Å². The average molecular weight is 442 g/mol. The maximum Gasteiger partial charge on any atom is 0.170 e. The molecule has 0 aliphatic carbocycles. The zero-order chi connectivity index (χ0) is 21.1. The Morgan fingerprint density at radius 1 is 1.20 bits per heavy atom. The maximum absolute atomic E-state index is 6.37. The Morgan fingerprint density at radius 2 is 2.07 bits per heavy atom. The standard InChI is InChI=1S/C23H24ClN3O2S/c1-15-16(7-5-8-17(15)24)19-10-11-20(29-19)22-21(18-9-3-4-12-25-18)26-23(30)27(22)13-6-14-28-2/h3-5,7-12,21-22H,6,13-14H2,1-2H3,(H,26,30). The highest BCUT2D eigenvalue weighted by atomic mass is 35.5. The smallest absolute Gasteiger partial charge is 0.170 e. The summed E-state index contributed by atoms with van der Waals surface area (Å²) in [5.74, 6) is 1.63. The molecule has 0 amide bonds. The fraction of sp³-hybridized carbons (Fsp3) is 0.304. The third-order valence-electron chi connectivity index (χ3n) is 5.40. The highest BCUT2D eigenvalue weighted by Crippen LogP contribution is 2.41. The van der Waals surface area contributed by atoms with E-state index in [-0.39, 0.29) is 12.1 Å². The third-order valence-corrected chi connectivity index (χ3v) is 6.16. The van der Waals surface area contributed by atoms with Crippen molar-refractivity contribution in [3.8, 4) is 11.3 Å². The number of nitrogens with one attached hydrogen (secondary N) is 1. The van der Waals surface area contributed by atoms with Gasteiger partial charge in [0.25, 0.3) is 0 Å². The average Bonchev–Trinajstić information content (AvgIpc) is 3.36. The Bertz CT molecular complexity index is 1020. The second-order valence-corrected chi connectivity index (χ2v) is 8.07. The topological polar surface area (TPSA) is 50.5 Å². The van der Waals surface area contributed by atoms with Gasteiger partial charge in [0, 0.05) is 37.0 Å².